The molecular formula is C24H33N3O3S. The van der Waals surface area contributed by atoms with Gasteiger partial charge in [0.15, 0.2) is 0 Å². The van der Waals surface area contributed by atoms with Crippen molar-refractivity contribution < 1.29 is 13.2 Å². The Hall–Kier alpha value is -2.38. The normalized spacial score (nSPS) is 15.6. The van der Waals surface area contributed by atoms with Crippen molar-refractivity contribution >= 4 is 21.6 Å². The number of carbonyl (C=O) groups excluding carboxylic acids is 1. The number of amides is 1. The van der Waals surface area contributed by atoms with Gasteiger partial charge in [-0.15, -0.1) is 0 Å². The Labute approximate surface area is 186 Å². The quantitative estimate of drug-likeness (QED) is 0.644. The zero-order valence-electron chi connectivity index (χ0n) is 18.7. The highest BCUT2D eigenvalue weighted by molar-refractivity contribution is 7.92. The molecule has 0 radical (unpaired) electrons. The van der Waals surface area contributed by atoms with Crippen molar-refractivity contribution in [2.24, 2.45) is 0 Å². The van der Waals surface area contributed by atoms with Crippen LogP contribution in [-0.4, -0.2) is 44.6 Å². The second kappa shape index (κ2) is 10.3. The smallest absolute Gasteiger partial charge is 0.244 e. The van der Waals surface area contributed by atoms with Crippen molar-refractivity contribution in [3.05, 3.63) is 65.2 Å². The van der Waals surface area contributed by atoms with Gasteiger partial charge in [0.2, 0.25) is 15.9 Å². The lowest BCUT2D eigenvalue weighted by atomic mass is 10.1. The van der Waals surface area contributed by atoms with E-state index in [9.17, 15) is 13.2 Å². The van der Waals surface area contributed by atoms with E-state index < -0.39 is 16.1 Å². The van der Waals surface area contributed by atoms with Crippen molar-refractivity contribution in [3.63, 3.8) is 0 Å². The minimum Gasteiger partial charge on any atom is -0.350 e. The van der Waals surface area contributed by atoms with Gasteiger partial charge in [-0.3, -0.25) is 14.0 Å². The fourth-order valence-electron chi connectivity index (χ4n) is 4.10. The Morgan fingerprint density at radius 1 is 1.10 bits per heavy atom. The summed E-state index contributed by atoms with van der Waals surface area (Å²) >= 11 is 0. The number of hydrogen-bond acceptors (Lipinski definition) is 4. The third-order valence-electron chi connectivity index (χ3n) is 5.68. The molecule has 31 heavy (non-hydrogen) atoms. The summed E-state index contributed by atoms with van der Waals surface area (Å²) in [5, 5.41) is 2.95. The molecule has 1 saturated heterocycles. The lowest BCUT2D eigenvalue weighted by Gasteiger charge is -2.30. The van der Waals surface area contributed by atoms with Crippen LogP contribution < -0.4 is 9.62 Å². The molecule has 1 atom stereocenters. The fourth-order valence-corrected chi connectivity index (χ4v) is 5.31. The van der Waals surface area contributed by atoms with E-state index in [1.165, 1.54) is 22.7 Å². The second-order valence-electron chi connectivity index (χ2n) is 8.34. The zero-order chi connectivity index (χ0) is 22.4. The van der Waals surface area contributed by atoms with Crippen LogP contribution >= 0.6 is 0 Å². The average Bonchev–Trinajstić information content (AvgIpc) is 3.23. The van der Waals surface area contributed by atoms with E-state index in [4.69, 9.17) is 0 Å². The number of nitrogens with one attached hydrogen (secondary N) is 1. The van der Waals surface area contributed by atoms with Crippen molar-refractivity contribution in [1.29, 1.82) is 0 Å². The first-order chi connectivity index (χ1) is 14.8. The van der Waals surface area contributed by atoms with Crippen LogP contribution in [0.4, 0.5) is 5.69 Å². The van der Waals surface area contributed by atoms with Gasteiger partial charge in [-0.1, -0.05) is 48.9 Å². The molecule has 1 heterocycles. The highest BCUT2D eigenvalue weighted by atomic mass is 32.2. The van der Waals surface area contributed by atoms with Crippen LogP contribution in [-0.2, 0) is 27.9 Å². The van der Waals surface area contributed by atoms with Gasteiger partial charge in [0.1, 0.15) is 6.04 Å². The number of anilines is 1. The largest absolute Gasteiger partial charge is 0.350 e. The predicted octanol–water partition coefficient (Wildman–Crippen LogP) is 3.45. The molecule has 168 valence electrons. The fraction of sp³-hybridized carbons (Fsp3) is 0.458. The van der Waals surface area contributed by atoms with E-state index in [1.807, 2.05) is 38.1 Å². The lowest BCUT2D eigenvalue weighted by Crippen LogP contribution is -2.49. The standard InChI is InChI=1S/C24H33N3O3S/c1-4-23(27(31(3,29)30)22-12-10-19(2)11-13-22)24(28)25-17-20-8-7-9-21(16-20)18-26-14-5-6-15-26/h7-13,16,23H,4-6,14-15,17-18H2,1-3H3,(H,25,28)/t23-/m1/s1. The Bertz CT molecular complexity index is 983. The van der Waals surface area contributed by atoms with Crippen molar-refractivity contribution in [3.8, 4) is 0 Å². The number of rotatable bonds is 9. The number of carbonyl (C=O) groups is 1. The summed E-state index contributed by atoms with van der Waals surface area (Å²) in [5.74, 6) is -0.293. The number of aryl methyl sites for hydroxylation is 1. The molecule has 0 saturated carbocycles. The first-order valence-corrected chi connectivity index (χ1v) is 12.8. The van der Waals surface area contributed by atoms with Crippen LogP contribution in [0.1, 0.15) is 42.9 Å². The van der Waals surface area contributed by atoms with E-state index in [0.29, 0.717) is 18.7 Å². The van der Waals surface area contributed by atoms with Crippen LogP contribution in [0.3, 0.4) is 0 Å². The van der Waals surface area contributed by atoms with Crippen LogP contribution in [0.25, 0.3) is 0 Å². The first-order valence-electron chi connectivity index (χ1n) is 10.9. The molecule has 1 N–H and O–H groups in total. The van der Waals surface area contributed by atoms with Crippen molar-refractivity contribution in [1.82, 2.24) is 10.2 Å². The second-order valence-corrected chi connectivity index (χ2v) is 10.2. The molecule has 1 aliphatic rings. The summed E-state index contributed by atoms with van der Waals surface area (Å²) < 4.78 is 26.3. The van der Waals surface area contributed by atoms with Crippen LogP contribution in [0.5, 0.6) is 0 Å². The number of benzene rings is 2. The van der Waals surface area contributed by atoms with Gasteiger partial charge in [-0.2, -0.15) is 0 Å². The average molecular weight is 444 g/mol. The summed E-state index contributed by atoms with van der Waals surface area (Å²) in [6.45, 7) is 7.34. The zero-order valence-corrected chi connectivity index (χ0v) is 19.5. The summed E-state index contributed by atoms with van der Waals surface area (Å²) in [7, 11) is -3.62. The van der Waals surface area contributed by atoms with Gasteiger partial charge in [-0.05, 0) is 62.5 Å². The number of nitrogens with zero attached hydrogens (tertiary/aromatic N) is 2. The molecule has 3 rings (SSSR count). The minimum atomic E-state index is -3.62. The van der Waals surface area contributed by atoms with E-state index in [2.05, 4.69) is 22.3 Å². The molecule has 0 aliphatic carbocycles. The Morgan fingerprint density at radius 3 is 2.35 bits per heavy atom. The Kier molecular flexibility index (Phi) is 7.73. The van der Waals surface area contributed by atoms with Gasteiger partial charge in [-0.25, -0.2) is 8.42 Å². The molecule has 1 amide bonds. The van der Waals surface area contributed by atoms with Crippen LogP contribution in [0.2, 0.25) is 0 Å². The minimum absolute atomic E-state index is 0.293. The summed E-state index contributed by atoms with van der Waals surface area (Å²) in [5.41, 5.74) is 3.78. The Morgan fingerprint density at radius 2 is 1.74 bits per heavy atom. The van der Waals surface area contributed by atoms with Crippen molar-refractivity contribution in [2.75, 3.05) is 23.7 Å². The Balaban J connectivity index is 1.70. The molecule has 2 aromatic rings. The highest BCUT2D eigenvalue weighted by Crippen LogP contribution is 2.23. The third-order valence-corrected chi connectivity index (χ3v) is 6.86. The lowest BCUT2D eigenvalue weighted by molar-refractivity contribution is -0.122. The third kappa shape index (κ3) is 6.31. The van der Waals surface area contributed by atoms with E-state index in [0.717, 1.165) is 37.0 Å². The monoisotopic (exact) mass is 443 g/mol. The SMILES string of the molecule is CC[C@H](C(=O)NCc1cccc(CN2CCCC2)c1)N(c1ccc(C)cc1)S(C)(=O)=O. The molecule has 1 aliphatic heterocycles. The molecule has 6 nitrogen and oxygen atoms in total. The van der Waals surface area contributed by atoms with Gasteiger partial charge >= 0.3 is 0 Å². The summed E-state index contributed by atoms with van der Waals surface area (Å²) in [6, 6.07) is 14.6. The molecule has 0 unspecified atom stereocenters. The molecule has 0 bridgehead atoms. The van der Waals surface area contributed by atoms with Gasteiger partial charge in [0, 0.05) is 13.1 Å². The topological polar surface area (TPSA) is 69.7 Å². The maximum atomic E-state index is 13.0. The van der Waals surface area contributed by atoms with Gasteiger partial charge < -0.3 is 5.32 Å². The highest BCUT2D eigenvalue weighted by Gasteiger charge is 2.31. The predicted molar refractivity (Wildman–Crippen MR) is 125 cm³/mol. The maximum absolute atomic E-state index is 13.0. The molecule has 0 aromatic heterocycles. The van der Waals surface area contributed by atoms with Gasteiger partial charge in [0.25, 0.3) is 0 Å². The number of sulfonamides is 1. The van der Waals surface area contributed by atoms with Gasteiger partial charge in [0.05, 0.1) is 11.9 Å². The van der Waals surface area contributed by atoms with E-state index in [1.54, 1.807) is 12.1 Å². The van der Waals surface area contributed by atoms with E-state index >= 15 is 0 Å². The molecular weight excluding hydrogens is 410 g/mol. The molecule has 7 heteroatoms. The van der Waals surface area contributed by atoms with Crippen molar-refractivity contribution in [2.45, 2.75) is 52.2 Å². The maximum Gasteiger partial charge on any atom is 0.244 e. The number of hydrogen-bond donors (Lipinski definition) is 1. The summed E-state index contributed by atoms with van der Waals surface area (Å²) in [4.78, 5) is 15.5. The molecule has 1 fully saturated rings. The molecule has 2 aromatic carbocycles. The van der Waals surface area contributed by atoms with Crippen LogP contribution in [0.15, 0.2) is 48.5 Å². The molecule has 0 spiro atoms. The van der Waals surface area contributed by atoms with Crippen LogP contribution in [0, 0.1) is 6.92 Å². The first kappa shape index (κ1) is 23.3. The number of likely N-dealkylation sites (tertiary alicyclic amines) is 1. The summed E-state index contributed by atoms with van der Waals surface area (Å²) in [6.07, 6.45) is 4.03. The van der Waals surface area contributed by atoms with E-state index in [-0.39, 0.29) is 5.91 Å².